The summed E-state index contributed by atoms with van der Waals surface area (Å²) in [6.07, 6.45) is 12.8. The lowest BCUT2D eigenvalue weighted by Gasteiger charge is -2.38. The molecule has 0 bridgehead atoms. The number of hydrogen-bond acceptors (Lipinski definition) is 1. The van der Waals surface area contributed by atoms with Crippen molar-refractivity contribution in [3.8, 4) is 0 Å². The molecule has 16 heavy (non-hydrogen) atoms. The summed E-state index contributed by atoms with van der Waals surface area (Å²) in [6.45, 7) is 2.33. The minimum Gasteiger partial charge on any atom is -0.371 e. The molecular weight excluding hydrogens is 311 g/mol. The topological polar surface area (TPSA) is 9.23 Å². The maximum absolute atomic E-state index is 6.59. The number of ether oxygens (including phenoxy) is 1. The van der Waals surface area contributed by atoms with E-state index >= 15 is 0 Å². The number of hydrogen-bond donors (Lipinski definition) is 0. The summed E-state index contributed by atoms with van der Waals surface area (Å²) in [5, 5.41) is 0. The fraction of sp³-hybridized carbons (Fsp3) is 1.00. The molecular formula is C14H25IO. The molecule has 2 aliphatic rings. The summed E-state index contributed by atoms with van der Waals surface area (Å²) in [4.78, 5) is 0. The first-order valence-electron chi connectivity index (χ1n) is 7.03. The van der Waals surface area contributed by atoms with Gasteiger partial charge in [-0.3, -0.25) is 0 Å². The van der Waals surface area contributed by atoms with Crippen LogP contribution in [-0.4, -0.2) is 16.1 Å². The van der Waals surface area contributed by atoms with Gasteiger partial charge in [-0.1, -0.05) is 61.6 Å². The third kappa shape index (κ3) is 2.92. The second-order valence-electron chi connectivity index (χ2n) is 5.63. The van der Waals surface area contributed by atoms with Gasteiger partial charge in [-0.05, 0) is 31.6 Å². The smallest absolute Gasteiger partial charge is 0.0775 e. The van der Waals surface area contributed by atoms with Crippen molar-refractivity contribution >= 4 is 22.6 Å². The Kier molecular flexibility index (Phi) is 4.95. The highest BCUT2D eigenvalue weighted by atomic mass is 127. The highest BCUT2D eigenvalue weighted by Gasteiger charge is 2.38. The van der Waals surface area contributed by atoms with Crippen molar-refractivity contribution in [3.05, 3.63) is 0 Å². The molecule has 2 heteroatoms. The van der Waals surface area contributed by atoms with Gasteiger partial charge in [0.2, 0.25) is 0 Å². The summed E-state index contributed by atoms with van der Waals surface area (Å²) >= 11 is 2.53. The van der Waals surface area contributed by atoms with Crippen molar-refractivity contribution in [1.82, 2.24) is 0 Å². The van der Waals surface area contributed by atoms with E-state index in [1.165, 1.54) is 62.2 Å². The lowest BCUT2D eigenvalue weighted by atomic mass is 9.84. The summed E-state index contributed by atoms with van der Waals surface area (Å²) in [5.41, 5.74) is 0.260. The number of halogens is 1. The quantitative estimate of drug-likeness (QED) is 0.533. The SMILES string of the molecule is CCC1CCCCC1OC1(CI)CCCC1. The van der Waals surface area contributed by atoms with Crippen LogP contribution in [0.15, 0.2) is 0 Å². The Morgan fingerprint density at radius 3 is 2.44 bits per heavy atom. The van der Waals surface area contributed by atoms with Crippen LogP contribution in [0.25, 0.3) is 0 Å². The van der Waals surface area contributed by atoms with E-state index in [2.05, 4.69) is 29.5 Å². The van der Waals surface area contributed by atoms with Crippen LogP contribution in [0, 0.1) is 5.92 Å². The molecule has 2 rings (SSSR count). The molecule has 0 aromatic heterocycles. The minimum absolute atomic E-state index is 0.260. The fourth-order valence-electron chi connectivity index (χ4n) is 3.42. The summed E-state index contributed by atoms with van der Waals surface area (Å²) in [5.74, 6) is 0.842. The largest absolute Gasteiger partial charge is 0.371 e. The maximum atomic E-state index is 6.59. The molecule has 0 saturated heterocycles. The molecule has 2 atom stereocenters. The Hall–Kier alpha value is 0.690. The average molecular weight is 336 g/mol. The third-order valence-electron chi connectivity index (χ3n) is 4.52. The summed E-state index contributed by atoms with van der Waals surface area (Å²) in [6, 6.07) is 0. The van der Waals surface area contributed by atoms with Gasteiger partial charge in [-0.2, -0.15) is 0 Å². The van der Waals surface area contributed by atoms with Crippen molar-refractivity contribution in [3.63, 3.8) is 0 Å². The molecule has 0 aliphatic heterocycles. The van der Waals surface area contributed by atoms with Crippen LogP contribution >= 0.6 is 22.6 Å². The van der Waals surface area contributed by atoms with Crippen LogP contribution in [0.2, 0.25) is 0 Å². The van der Waals surface area contributed by atoms with Gasteiger partial charge in [0, 0.05) is 4.43 Å². The molecule has 0 N–H and O–H groups in total. The Labute approximate surface area is 114 Å². The zero-order valence-electron chi connectivity index (χ0n) is 10.5. The van der Waals surface area contributed by atoms with Crippen molar-refractivity contribution in [2.45, 2.75) is 76.4 Å². The van der Waals surface area contributed by atoms with Crippen molar-refractivity contribution in [2.75, 3.05) is 4.43 Å². The van der Waals surface area contributed by atoms with Crippen LogP contribution < -0.4 is 0 Å². The van der Waals surface area contributed by atoms with E-state index in [1.54, 1.807) is 0 Å². The average Bonchev–Trinajstić information content (AvgIpc) is 2.79. The second kappa shape index (κ2) is 6.03. The van der Waals surface area contributed by atoms with Gasteiger partial charge in [-0.25, -0.2) is 0 Å². The zero-order valence-corrected chi connectivity index (χ0v) is 12.7. The van der Waals surface area contributed by atoms with Crippen LogP contribution in [-0.2, 0) is 4.74 Å². The molecule has 0 aromatic carbocycles. The molecule has 2 aliphatic carbocycles. The normalized spacial score (nSPS) is 34.1. The van der Waals surface area contributed by atoms with Gasteiger partial charge in [-0.15, -0.1) is 0 Å². The van der Waals surface area contributed by atoms with Crippen molar-refractivity contribution in [2.24, 2.45) is 5.92 Å². The first-order valence-corrected chi connectivity index (χ1v) is 8.56. The van der Waals surface area contributed by atoms with Gasteiger partial charge in [0.1, 0.15) is 0 Å². The molecule has 0 radical (unpaired) electrons. The van der Waals surface area contributed by atoms with Crippen LogP contribution in [0.5, 0.6) is 0 Å². The van der Waals surface area contributed by atoms with E-state index in [9.17, 15) is 0 Å². The predicted molar refractivity (Wildman–Crippen MR) is 77.2 cm³/mol. The number of alkyl halides is 1. The molecule has 2 unspecified atom stereocenters. The minimum atomic E-state index is 0.260. The van der Waals surface area contributed by atoms with E-state index < -0.39 is 0 Å². The van der Waals surface area contributed by atoms with Crippen LogP contribution in [0.4, 0.5) is 0 Å². The highest BCUT2D eigenvalue weighted by Crippen LogP contribution is 2.40. The number of rotatable bonds is 4. The second-order valence-corrected chi connectivity index (χ2v) is 6.40. The molecule has 0 spiro atoms. The van der Waals surface area contributed by atoms with E-state index in [0.29, 0.717) is 6.10 Å². The molecule has 0 heterocycles. The van der Waals surface area contributed by atoms with Crippen molar-refractivity contribution < 1.29 is 4.74 Å². The monoisotopic (exact) mass is 336 g/mol. The van der Waals surface area contributed by atoms with Crippen molar-refractivity contribution in [1.29, 1.82) is 0 Å². The maximum Gasteiger partial charge on any atom is 0.0775 e. The lowest BCUT2D eigenvalue weighted by Crippen LogP contribution is -2.40. The zero-order chi connectivity index (χ0) is 11.4. The van der Waals surface area contributed by atoms with E-state index in [1.807, 2.05) is 0 Å². The van der Waals surface area contributed by atoms with Crippen LogP contribution in [0.1, 0.15) is 64.7 Å². The summed E-state index contributed by atoms with van der Waals surface area (Å²) < 4.78 is 7.78. The van der Waals surface area contributed by atoms with Gasteiger partial charge in [0.15, 0.2) is 0 Å². The molecule has 2 saturated carbocycles. The van der Waals surface area contributed by atoms with Gasteiger partial charge >= 0.3 is 0 Å². The Balaban J connectivity index is 1.95. The molecule has 0 amide bonds. The van der Waals surface area contributed by atoms with E-state index in [0.717, 1.165) is 5.92 Å². The van der Waals surface area contributed by atoms with Gasteiger partial charge in [0.05, 0.1) is 11.7 Å². The van der Waals surface area contributed by atoms with E-state index in [4.69, 9.17) is 4.74 Å². The van der Waals surface area contributed by atoms with Gasteiger partial charge in [0.25, 0.3) is 0 Å². The molecule has 0 aromatic rings. The molecule has 94 valence electrons. The molecule has 2 fully saturated rings. The Morgan fingerprint density at radius 1 is 1.12 bits per heavy atom. The Morgan fingerprint density at radius 2 is 1.81 bits per heavy atom. The highest BCUT2D eigenvalue weighted by molar-refractivity contribution is 14.1. The predicted octanol–water partition coefficient (Wildman–Crippen LogP) is 4.72. The van der Waals surface area contributed by atoms with Crippen LogP contribution in [0.3, 0.4) is 0 Å². The summed E-state index contributed by atoms with van der Waals surface area (Å²) in [7, 11) is 0. The lowest BCUT2D eigenvalue weighted by molar-refractivity contribution is -0.110. The van der Waals surface area contributed by atoms with Gasteiger partial charge < -0.3 is 4.74 Å². The van der Waals surface area contributed by atoms with E-state index in [-0.39, 0.29) is 5.60 Å². The first kappa shape index (κ1) is 13.1. The standard InChI is InChI=1S/C14H25IO/c1-2-12-7-3-4-8-13(12)16-14(11-15)9-5-6-10-14/h12-13H,2-11H2,1H3. The first-order chi connectivity index (χ1) is 7.79. The Bertz CT molecular complexity index is 211. The third-order valence-corrected chi connectivity index (χ3v) is 5.91. The molecule has 1 nitrogen and oxygen atoms in total. The fourth-order valence-corrected chi connectivity index (χ4v) is 4.36.